The number of fused-ring (bicyclic) bond motifs is 1. The Balaban J connectivity index is 2.16. The molecule has 1 amide bonds. The van der Waals surface area contributed by atoms with E-state index in [1.807, 2.05) is 29.2 Å². The highest BCUT2D eigenvalue weighted by molar-refractivity contribution is 6.31. The number of aliphatic hydroxyl groups excluding tert-OH is 1. The number of amides is 1. The zero-order valence-electron chi connectivity index (χ0n) is 15.7. The summed E-state index contributed by atoms with van der Waals surface area (Å²) in [6, 6.07) is 12.9. The number of carbonyl (C=O) groups is 1. The van der Waals surface area contributed by atoms with Crippen molar-refractivity contribution in [3.05, 3.63) is 63.6 Å². The minimum atomic E-state index is -1.04. The lowest BCUT2D eigenvalue weighted by molar-refractivity contribution is -0.132. The highest BCUT2D eigenvalue weighted by atomic mass is 35.5. The molecule has 0 bridgehead atoms. The van der Waals surface area contributed by atoms with Gasteiger partial charge >= 0.3 is 0 Å². The molecule has 0 aromatic heterocycles. The number of hydrogen-bond acceptors (Lipinski definition) is 3. The minimum Gasteiger partial charge on any atom is -0.381 e. The average Bonchev–Trinajstić information content (AvgIpc) is 2.83. The second-order valence-electron chi connectivity index (χ2n) is 8.21. The van der Waals surface area contributed by atoms with Crippen molar-refractivity contribution in [1.29, 1.82) is 0 Å². The van der Waals surface area contributed by atoms with Crippen LogP contribution in [0.1, 0.15) is 31.9 Å². The maximum atomic E-state index is 13.3. The molecular weight excluding hydrogens is 383 g/mol. The van der Waals surface area contributed by atoms with Crippen LogP contribution in [0.25, 0.3) is 0 Å². The third-order valence-electron chi connectivity index (χ3n) is 4.78. The van der Waals surface area contributed by atoms with Gasteiger partial charge in [0.15, 0.2) is 0 Å². The summed E-state index contributed by atoms with van der Waals surface area (Å²) in [4.78, 5) is 15.1. The number of nitrogens with zero attached hydrogens (tertiary/aromatic N) is 1. The van der Waals surface area contributed by atoms with Gasteiger partial charge in [-0.05, 0) is 35.2 Å². The fourth-order valence-corrected chi connectivity index (χ4v) is 4.14. The van der Waals surface area contributed by atoms with Crippen molar-refractivity contribution >= 4 is 34.8 Å². The lowest BCUT2D eigenvalue weighted by Gasteiger charge is -2.41. The second kappa shape index (κ2) is 7.44. The maximum absolute atomic E-state index is 13.3. The van der Waals surface area contributed by atoms with E-state index in [1.54, 1.807) is 18.2 Å². The lowest BCUT2D eigenvalue weighted by atomic mass is 9.81. The van der Waals surface area contributed by atoms with Gasteiger partial charge in [0.1, 0.15) is 5.54 Å². The summed E-state index contributed by atoms with van der Waals surface area (Å²) in [5.41, 5.74) is 1.27. The summed E-state index contributed by atoms with van der Waals surface area (Å²) in [7, 11) is 0. The number of anilines is 1. The molecule has 1 heterocycles. The molecule has 0 saturated heterocycles. The summed E-state index contributed by atoms with van der Waals surface area (Å²) in [5.74, 6) is -0.168. The maximum Gasteiger partial charge on any atom is 0.250 e. The number of rotatable bonds is 5. The third kappa shape index (κ3) is 3.99. The summed E-state index contributed by atoms with van der Waals surface area (Å²) in [5, 5.41) is 14.4. The molecule has 2 aromatic rings. The highest BCUT2D eigenvalue weighted by Gasteiger charge is 2.51. The van der Waals surface area contributed by atoms with Crippen LogP contribution in [0, 0.1) is 5.41 Å². The summed E-state index contributed by atoms with van der Waals surface area (Å²) in [6.45, 7) is 6.54. The number of nitrogens with one attached hydrogen (secondary N) is 1. The van der Waals surface area contributed by atoms with Crippen molar-refractivity contribution < 1.29 is 9.90 Å². The van der Waals surface area contributed by atoms with E-state index in [2.05, 4.69) is 26.1 Å². The smallest absolute Gasteiger partial charge is 0.250 e. The first-order valence-corrected chi connectivity index (χ1v) is 9.63. The standard InChI is InChI=1S/C21H24Cl2N2O2/c1-20(2,3)12-25(13-26)21(11-14-5-4-6-15(22)9-14)17-8-7-16(23)10-18(17)24-19(21)27/h4-10,26H,11-13H2,1-3H3,(H,24,27)/t21-/m1/s1. The Hall–Kier alpha value is -1.59. The van der Waals surface area contributed by atoms with Crippen LogP contribution < -0.4 is 5.32 Å². The molecule has 2 N–H and O–H groups in total. The lowest BCUT2D eigenvalue weighted by Crippen LogP contribution is -2.55. The summed E-state index contributed by atoms with van der Waals surface area (Å²) < 4.78 is 0. The quantitative estimate of drug-likeness (QED) is 0.708. The predicted octanol–water partition coefficient (Wildman–Crippen LogP) is 4.68. The van der Waals surface area contributed by atoms with Crippen LogP contribution in [-0.2, 0) is 16.8 Å². The van der Waals surface area contributed by atoms with Crippen molar-refractivity contribution in [1.82, 2.24) is 4.90 Å². The molecule has 0 spiro atoms. The first-order chi connectivity index (χ1) is 12.7. The van der Waals surface area contributed by atoms with E-state index < -0.39 is 5.54 Å². The fraction of sp³-hybridized carbons (Fsp3) is 0.381. The Labute approximate surface area is 170 Å². The molecule has 6 heteroatoms. The van der Waals surface area contributed by atoms with E-state index in [-0.39, 0.29) is 18.1 Å². The third-order valence-corrected chi connectivity index (χ3v) is 5.25. The van der Waals surface area contributed by atoms with Crippen LogP contribution in [0.2, 0.25) is 10.0 Å². The Kier molecular flexibility index (Phi) is 5.55. The molecule has 0 saturated carbocycles. The van der Waals surface area contributed by atoms with Crippen molar-refractivity contribution in [2.24, 2.45) is 5.41 Å². The molecule has 0 aliphatic carbocycles. The van der Waals surface area contributed by atoms with Gasteiger partial charge in [-0.25, -0.2) is 0 Å². The van der Waals surface area contributed by atoms with Gasteiger partial charge in [0, 0.05) is 34.3 Å². The molecule has 0 radical (unpaired) electrons. The van der Waals surface area contributed by atoms with E-state index in [9.17, 15) is 9.90 Å². The van der Waals surface area contributed by atoms with Gasteiger partial charge in [0.25, 0.3) is 0 Å². The molecule has 1 aliphatic rings. The number of halogens is 2. The first kappa shape index (κ1) is 20.2. The van der Waals surface area contributed by atoms with Gasteiger partial charge in [-0.3, -0.25) is 9.69 Å². The molecule has 0 unspecified atom stereocenters. The van der Waals surface area contributed by atoms with Crippen molar-refractivity contribution in [2.45, 2.75) is 32.7 Å². The Morgan fingerprint density at radius 3 is 2.44 bits per heavy atom. The zero-order chi connectivity index (χ0) is 19.8. The summed E-state index contributed by atoms with van der Waals surface area (Å²) >= 11 is 12.3. The van der Waals surface area contributed by atoms with E-state index in [0.717, 1.165) is 11.1 Å². The molecular formula is C21H24Cl2N2O2. The molecule has 2 aromatic carbocycles. The van der Waals surface area contributed by atoms with E-state index in [4.69, 9.17) is 23.2 Å². The number of aliphatic hydroxyl groups is 1. The number of hydrogen-bond donors (Lipinski definition) is 2. The van der Waals surface area contributed by atoms with Crippen LogP contribution in [0.15, 0.2) is 42.5 Å². The molecule has 144 valence electrons. The van der Waals surface area contributed by atoms with Crippen LogP contribution in [0.5, 0.6) is 0 Å². The second-order valence-corrected chi connectivity index (χ2v) is 9.08. The van der Waals surface area contributed by atoms with Gasteiger partial charge in [0.2, 0.25) is 5.91 Å². The van der Waals surface area contributed by atoms with Gasteiger partial charge in [-0.1, -0.05) is 62.2 Å². The first-order valence-electron chi connectivity index (χ1n) is 8.87. The molecule has 3 rings (SSSR count). The molecule has 1 atom stereocenters. The normalized spacial score (nSPS) is 19.3. The van der Waals surface area contributed by atoms with Gasteiger partial charge < -0.3 is 10.4 Å². The Morgan fingerprint density at radius 2 is 1.81 bits per heavy atom. The van der Waals surface area contributed by atoms with Crippen molar-refractivity contribution in [3.63, 3.8) is 0 Å². The van der Waals surface area contributed by atoms with E-state index in [1.165, 1.54) is 0 Å². The van der Waals surface area contributed by atoms with Gasteiger partial charge in [0.05, 0.1) is 6.73 Å². The van der Waals surface area contributed by atoms with E-state index >= 15 is 0 Å². The van der Waals surface area contributed by atoms with Crippen molar-refractivity contribution in [2.75, 3.05) is 18.6 Å². The van der Waals surface area contributed by atoms with E-state index in [0.29, 0.717) is 28.7 Å². The predicted molar refractivity (Wildman–Crippen MR) is 110 cm³/mol. The highest BCUT2D eigenvalue weighted by Crippen LogP contribution is 2.44. The molecule has 4 nitrogen and oxygen atoms in total. The van der Waals surface area contributed by atoms with Gasteiger partial charge in [-0.15, -0.1) is 0 Å². The van der Waals surface area contributed by atoms with Crippen LogP contribution in [0.3, 0.4) is 0 Å². The molecule has 0 fully saturated rings. The van der Waals surface area contributed by atoms with Crippen LogP contribution in [-0.4, -0.2) is 29.2 Å². The number of carbonyl (C=O) groups excluding carboxylic acids is 1. The average molecular weight is 407 g/mol. The Morgan fingerprint density at radius 1 is 1.11 bits per heavy atom. The minimum absolute atomic E-state index is 0.112. The van der Waals surface area contributed by atoms with Gasteiger partial charge in [-0.2, -0.15) is 0 Å². The Bertz CT molecular complexity index is 864. The fourth-order valence-electron chi connectivity index (χ4n) is 3.75. The summed E-state index contributed by atoms with van der Waals surface area (Å²) in [6.07, 6.45) is 0.394. The zero-order valence-corrected chi connectivity index (χ0v) is 17.2. The van der Waals surface area contributed by atoms with Crippen LogP contribution in [0.4, 0.5) is 5.69 Å². The molecule has 27 heavy (non-hydrogen) atoms. The topological polar surface area (TPSA) is 52.6 Å². The molecule has 1 aliphatic heterocycles. The SMILES string of the molecule is CC(C)(C)CN(CO)[C@@]1(Cc2cccc(Cl)c2)C(=O)Nc2cc(Cl)ccc21. The van der Waals surface area contributed by atoms with Crippen molar-refractivity contribution in [3.8, 4) is 0 Å². The number of benzene rings is 2. The van der Waals surface area contributed by atoms with Crippen LogP contribution >= 0.6 is 23.2 Å². The largest absolute Gasteiger partial charge is 0.381 e. The monoisotopic (exact) mass is 406 g/mol.